The van der Waals surface area contributed by atoms with Crippen LogP contribution in [-0.2, 0) is 25.9 Å². The molecule has 0 unspecified atom stereocenters. The van der Waals surface area contributed by atoms with Crippen LogP contribution in [-0.4, -0.2) is 34.6 Å². The molecule has 0 aliphatic carbocycles. The highest BCUT2D eigenvalue weighted by Crippen LogP contribution is 2.20. The van der Waals surface area contributed by atoms with Gasteiger partial charge in [0, 0.05) is 32.5 Å². The highest BCUT2D eigenvalue weighted by Gasteiger charge is 2.21. The van der Waals surface area contributed by atoms with Crippen molar-refractivity contribution < 1.29 is 0 Å². The second-order valence-corrected chi connectivity index (χ2v) is 5.45. The Morgan fingerprint density at radius 3 is 2.76 bits per heavy atom. The molecule has 0 spiro atoms. The van der Waals surface area contributed by atoms with E-state index in [1.54, 1.807) is 0 Å². The topological polar surface area (TPSA) is 47.1 Å². The van der Waals surface area contributed by atoms with Crippen molar-refractivity contribution in [2.45, 2.75) is 39.8 Å². The Balaban J connectivity index is 2.31. The van der Waals surface area contributed by atoms with Crippen LogP contribution in [0.25, 0.3) is 0 Å². The van der Waals surface area contributed by atoms with Crippen LogP contribution in [0.15, 0.2) is 0 Å². The standard InChI is InChI=1S/C13H24N4/c1-10(2)8-13-15-11(4-5-14)12-9-16(3)6-7-17(12)13/h10H,4-9,14H2,1-3H3. The molecule has 0 saturated heterocycles. The summed E-state index contributed by atoms with van der Waals surface area (Å²) in [6.45, 7) is 8.40. The van der Waals surface area contributed by atoms with E-state index in [-0.39, 0.29) is 0 Å². The predicted octanol–water partition coefficient (Wildman–Crippen LogP) is 1.03. The molecular formula is C13H24N4. The molecule has 2 heterocycles. The summed E-state index contributed by atoms with van der Waals surface area (Å²) in [4.78, 5) is 7.17. The molecule has 0 fully saturated rings. The Bertz CT molecular complexity index is 381. The first-order valence-electron chi connectivity index (χ1n) is 6.57. The van der Waals surface area contributed by atoms with Gasteiger partial charge in [-0.3, -0.25) is 4.90 Å². The SMILES string of the molecule is CC(C)Cc1nc(CCN)c2n1CCN(C)C2. The first-order valence-corrected chi connectivity index (χ1v) is 6.57. The molecular weight excluding hydrogens is 212 g/mol. The molecule has 1 aromatic heterocycles. The molecule has 0 saturated carbocycles. The third-order valence-electron chi connectivity index (χ3n) is 3.33. The van der Waals surface area contributed by atoms with Crippen LogP contribution < -0.4 is 5.73 Å². The van der Waals surface area contributed by atoms with Crippen molar-refractivity contribution in [3.63, 3.8) is 0 Å². The fraction of sp³-hybridized carbons (Fsp3) is 0.769. The van der Waals surface area contributed by atoms with E-state index in [0.29, 0.717) is 12.5 Å². The summed E-state index contributed by atoms with van der Waals surface area (Å²) in [7, 11) is 2.17. The molecule has 0 aromatic carbocycles. The summed E-state index contributed by atoms with van der Waals surface area (Å²) in [5.74, 6) is 1.92. The van der Waals surface area contributed by atoms with Gasteiger partial charge in [-0.1, -0.05) is 13.8 Å². The van der Waals surface area contributed by atoms with E-state index < -0.39 is 0 Å². The molecule has 0 radical (unpaired) electrons. The molecule has 1 aliphatic rings. The number of likely N-dealkylation sites (N-methyl/N-ethyl adjacent to an activating group) is 1. The molecule has 96 valence electrons. The number of nitrogens with two attached hydrogens (primary N) is 1. The lowest BCUT2D eigenvalue weighted by atomic mass is 10.1. The molecule has 4 heteroatoms. The van der Waals surface area contributed by atoms with Crippen LogP contribution >= 0.6 is 0 Å². The van der Waals surface area contributed by atoms with Crippen molar-refractivity contribution in [1.82, 2.24) is 14.5 Å². The van der Waals surface area contributed by atoms with E-state index in [9.17, 15) is 0 Å². The molecule has 0 atom stereocenters. The van der Waals surface area contributed by atoms with Gasteiger partial charge in [-0.15, -0.1) is 0 Å². The smallest absolute Gasteiger partial charge is 0.109 e. The molecule has 4 nitrogen and oxygen atoms in total. The first kappa shape index (κ1) is 12.6. The maximum atomic E-state index is 5.68. The molecule has 2 rings (SSSR count). The van der Waals surface area contributed by atoms with Crippen molar-refractivity contribution in [2.24, 2.45) is 11.7 Å². The average molecular weight is 236 g/mol. The number of aromatic nitrogens is 2. The second kappa shape index (κ2) is 5.19. The summed E-state index contributed by atoms with van der Waals surface area (Å²) >= 11 is 0. The molecule has 2 N–H and O–H groups in total. The van der Waals surface area contributed by atoms with Gasteiger partial charge in [0.25, 0.3) is 0 Å². The van der Waals surface area contributed by atoms with Crippen molar-refractivity contribution >= 4 is 0 Å². The maximum Gasteiger partial charge on any atom is 0.109 e. The Hall–Kier alpha value is -0.870. The quantitative estimate of drug-likeness (QED) is 0.849. The van der Waals surface area contributed by atoms with Crippen LogP contribution in [0.3, 0.4) is 0 Å². The maximum absolute atomic E-state index is 5.68. The minimum absolute atomic E-state index is 0.659. The lowest BCUT2D eigenvalue weighted by Gasteiger charge is -2.26. The number of fused-ring (bicyclic) bond motifs is 1. The zero-order valence-electron chi connectivity index (χ0n) is 11.2. The van der Waals surface area contributed by atoms with Crippen LogP contribution in [0.4, 0.5) is 0 Å². The van der Waals surface area contributed by atoms with Gasteiger partial charge >= 0.3 is 0 Å². The zero-order chi connectivity index (χ0) is 12.4. The summed E-state index contributed by atoms with van der Waals surface area (Å²) in [6.07, 6.45) is 1.97. The number of hydrogen-bond donors (Lipinski definition) is 1. The summed E-state index contributed by atoms with van der Waals surface area (Å²) in [5, 5.41) is 0. The van der Waals surface area contributed by atoms with Crippen molar-refractivity contribution in [1.29, 1.82) is 0 Å². The Morgan fingerprint density at radius 1 is 1.35 bits per heavy atom. The first-order chi connectivity index (χ1) is 8.11. The van der Waals surface area contributed by atoms with E-state index in [0.717, 1.165) is 32.5 Å². The van der Waals surface area contributed by atoms with Crippen LogP contribution in [0.2, 0.25) is 0 Å². The number of hydrogen-bond acceptors (Lipinski definition) is 3. The van der Waals surface area contributed by atoms with Gasteiger partial charge in [0.05, 0.1) is 11.4 Å². The summed E-state index contributed by atoms with van der Waals surface area (Å²) in [6, 6.07) is 0. The van der Waals surface area contributed by atoms with E-state index in [1.165, 1.54) is 17.2 Å². The van der Waals surface area contributed by atoms with Gasteiger partial charge in [-0.25, -0.2) is 4.98 Å². The minimum Gasteiger partial charge on any atom is -0.330 e. The molecule has 0 amide bonds. The number of rotatable bonds is 4. The van der Waals surface area contributed by atoms with E-state index in [4.69, 9.17) is 10.7 Å². The van der Waals surface area contributed by atoms with Crippen LogP contribution in [0.5, 0.6) is 0 Å². The van der Waals surface area contributed by atoms with Gasteiger partial charge in [0.15, 0.2) is 0 Å². The van der Waals surface area contributed by atoms with Crippen molar-refractivity contribution in [3.05, 3.63) is 17.2 Å². The Morgan fingerprint density at radius 2 is 2.12 bits per heavy atom. The van der Waals surface area contributed by atoms with Gasteiger partial charge in [-0.05, 0) is 19.5 Å². The molecule has 1 aromatic rings. The molecule has 0 bridgehead atoms. The second-order valence-electron chi connectivity index (χ2n) is 5.45. The fourth-order valence-corrected chi connectivity index (χ4v) is 2.50. The van der Waals surface area contributed by atoms with Crippen LogP contribution in [0.1, 0.15) is 31.1 Å². The fourth-order valence-electron chi connectivity index (χ4n) is 2.50. The highest BCUT2D eigenvalue weighted by atomic mass is 15.2. The normalized spacial score (nSPS) is 16.5. The third kappa shape index (κ3) is 2.69. The van der Waals surface area contributed by atoms with Crippen LogP contribution in [0, 0.1) is 5.92 Å². The largest absolute Gasteiger partial charge is 0.330 e. The summed E-state index contributed by atoms with van der Waals surface area (Å²) < 4.78 is 2.42. The Labute approximate surface area is 104 Å². The van der Waals surface area contributed by atoms with E-state index >= 15 is 0 Å². The molecule has 1 aliphatic heterocycles. The number of imidazole rings is 1. The van der Waals surface area contributed by atoms with Gasteiger partial charge < -0.3 is 10.3 Å². The van der Waals surface area contributed by atoms with Gasteiger partial charge in [0.2, 0.25) is 0 Å². The lowest BCUT2D eigenvalue weighted by molar-refractivity contribution is 0.265. The Kier molecular flexibility index (Phi) is 3.84. The van der Waals surface area contributed by atoms with Gasteiger partial charge in [-0.2, -0.15) is 0 Å². The van der Waals surface area contributed by atoms with Crippen molar-refractivity contribution in [3.8, 4) is 0 Å². The highest BCUT2D eigenvalue weighted by molar-refractivity contribution is 5.20. The van der Waals surface area contributed by atoms with E-state index in [1.807, 2.05) is 0 Å². The monoisotopic (exact) mass is 236 g/mol. The average Bonchev–Trinajstić information content (AvgIpc) is 2.56. The molecule has 17 heavy (non-hydrogen) atoms. The van der Waals surface area contributed by atoms with E-state index in [2.05, 4.69) is 30.4 Å². The minimum atomic E-state index is 0.659. The predicted molar refractivity (Wildman–Crippen MR) is 69.9 cm³/mol. The van der Waals surface area contributed by atoms with Gasteiger partial charge in [0.1, 0.15) is 5.82 Å². The third-order valence-corrected chi connectivity index (χ3v) is 3.33. The zero-order valence-corrected chi connectivity index (χ0v) is 11.2. The lowest BCUT2D eigenvalue weighted by Crippen LogP contribution is -2.31. The van der Waals surface area contributed by atoms with Crippen molar-refractivity contribution in [2.75, 3.05) is 20.1 Å². The number of nitrogens with zero attached hydrogens (tertiary/aromatic N) is 3. The summed E-state index contributed by atoms with van der Waals surface area (Å²) in [5.41, 5.74) is 8.28.